The number of carboxylic acids is 1. The molecule has 0 spiro atoms. The summed E-state index contributed by atoms with van der Waals surface area (Å²) >= 11 is 0. The Balaban J connectivity index is -0.0000000800. The quantitative estimate of drug-likeness (QED) is 0.307. The molecule has 0 aromatic heterocycles. The van der Waals surface area contributed by atoms with Crippen molar-refractivity contribution in [1.82, 2.24) is 0 Å². The van der Waals surface area contributed by atoms with E-state index >= 15 is 0 Å². The Morgan fingerprint density at radius 2 is 1.86 bits per heavy atom. The molecule has 0 saturated heterocycles. The Morgan fingerprint density at radius 3 is 1.86 bits per heavy atom. The molecule has 0 rings (SSSR count). The van der Waals surface area contributed by atoms with Crippen LogP contribution in [0.15, 0.2) is 0 Å². The van der Waals surface area contributed by atoms with Gasteiger partial charge < -0.3 is 9.90 Å². The van der Waals surface area contributed by atoms with Gasteiger partial charge in [0.25, 0.3) is 0 Å². The fourth-order valence-corrected chi connectivity index (χ4v) is 0. The topological polar surface area (TPSA) is 40.1 Å². The van der Waals surface area contributed by atoms with Crippen molar-refractivity contribution in [2.24, 2.45) is 0 Å². The molecule has 0 atom stereocenters. The molecule has 0 aromatic rings. The third kappa shape index (κ3) is 23.0. The minimum absolute atomic E-state index is 0. The van der Waals surface area contributed by atoms with Crippen LogP contribution in [0.5, 0.6) is 0 Å². The largest absolute Gasteiger partial charge is 1.00 e. The predicted octanol–water partition coefficient (Wildman–Crippen LogP) is -4.23. The molecule has 0 fully saturated rings. The molecule has 2 nitrogen and oxygen atoms in total. The number of carbonyl (C=O) groups is 1. The Morgan fingerprint density at radius 1 is 1.71 bits per heavy atom. The van der Waals surface area contributed by atoms with Crippen LogP contribution in [0.3, 0.4) is 0 Å². The van der Waals surface area contributed by atoms with E-state index in [1.807, 2.05) is 0 Å². The van der Waals surface area contributed by atoms with Gasteiger partial charge in [-0.25, -0.2) is 0 Å². The SMILES string of the molecule is CCC(=O)[O-].[B].[Li+]. The zero-order chi connectivity index (χ0) is 4.28. The molecule has 0 unspecified atom stereocenters. The van der Waals surface area contributed by atoms with E-state index in [0.717, 1.165) is 0 Å². The maximum absolute atomic E-state index is 9.26. The summed E-state index contributed by atoms with van der Waals surface area (Å²) in [5.41, 5.74) is 0. The van der Waals surface area contributed by atoms with Crippen LogP contribution >= 0.6 is 0 Å². The van der Waals surface area contributed by atoms with Crippen molar-refractivity contribution in [1.29, 1.82) is 0 Å². The van der Waals surface area contributed by atoms with Gasteiger partial charge in [-0.1, -0.05) is 6.92 Å². The summed E-state index contributed by atoms with van der Waals surface area (Å²) in [5.74, 6) is -0.995. The predicted molar refractivity (Wildman–Crippen MR) is 21.1 cm³/mol. The maximum Gasteiger partial charge on any atom is 1.00 e. The van der Waals surface area contributed by atoms with E-state index in [1.54, 1.807) is 0 Å². The van der Waals surface area contributed by atoms with E-state index in [1.165, 1.54) is 6.92 Å². The molecule has 7 heavy (non-hydrogen) atoms. The van der Waals surface area contributed by atoms with Crippen molar-refractivity contribution in [2.45, 2.75) is 13.3 Å². The molecular weight excluding hydrogens is 85.8 g/mol. The number of carboxylic acid groups (broad SMARTS) is 1. The Kier molecular flexibility index (Phi) is 21.2. The fraction of sp³-hybridized carbons (Fsp3) is 0.667. The first kappa shape index (κ1) is 15.7. The summed E-state index contributed by atoms with van der Waals surface area (Å²) in [6, 6.07) is 0. The second-order valence-corrected chi connectivity index (χ2v) is 0.726. The first-order chi connectivity index (χ1) is 2.27. The molecule has 0 amide bonds. The van der Waals surface area contributed by atoms with Gasteiger partial charge in [-0.15, -0.1) is 0 Å². The van der Waals surface area contributed by atoms with Crippen molar-refractivity contribution in [2.75, 3.05) is 0 Å². The van der Waals surface area contributed by atoms with Crippen molar-refractivity contribution < 1.29 is 28.8 Å². The van der Waals surface area contributed by atoms with E-state index in [4.69, 9.17) is 0 Å². The first-order valence-corrected chi connectivity index (χ1v) is 1.47. The second kappa shape index (κ2) is 9.46. The summed E-state index contributed by atoms with van der Waals surface area (Å²) in [5, 5.41) is 9.26. The second-order valence-electron chi connectivity index (χ2n) is 0.726. The van der Waals surface area contributed by atoms with Gasteiger partial charge in [0.2, 0.25) is 0 Å². The van der Waals surface area contributed by atoms with Crippen LogP contribution in [0, 0.1) is 0 Å². The minimum Gasteiger partial charge on any atom is -0.550 e. The Hall–Kier alpha value is 0.132. The van der Waals surface area contributed by atoms with Gasteiger partial charge in [-0.3, -0.25) is 0 Å². The van der Waals surface area contributed by atoms with Crippen molar-refractivity contribution in [3.63, 3.8) is 0 Å². The van der Waals surface area contributed by atoms with Crippen molar-refractivity contribution in [3.05, 3.63) is 0 Å². The van der Waals surface area contributed by atoms with E-state index in [2.05, 4.69) is 0 Å². The summed E-state index contributed by atoms with van der Waals surface area (Å²) in [6.45, 7) is 1.54. The van der Waals surface area contributed by atoms with Gasteiger partial charge in [0, 0.05) is 14.4 Å². The van der Waals surface area contributed by atoms with E-state index in [0.29, 0.717) is 0 Å². The molecule has 0 heterocycles. The van der Waals surface area contributed by atoms with Crippen LogP contribution in [0.25, 0.3) is 0 Å². The van der Waals surface area contributed by atoms with Gasteiger partial charge >= 0.3 is 18.9 Å². The number of hydrogen-bond donors (Lipinski definition) is 0. The summed E-state index contributed by atoms with van der Waals surface area (Å²) < 4.78 is 0. The minimum atomic E-state index is -0.995. The molecular formula is C3H5BLiO2. The van der Waals surface area contributed by atoms with Crippen LogP contribution < -0.4 is 24.0 Å². The van der Waals surface area contributed by atoms with Crippen molar-refractivity contribution >= 4 is 14.4 Å². The van der Waals surface area contributed by atoms with E-state index in [9.17, 15) is 9.90 Å². The molecule has 0 N–H and O–H groups in total. The molecule has 3 radical (unpaired) electrons. The van der Waals surface area contributed by atoms with Crippen molar-refractivity contribution in [3.8, 4) is 0 Å². The molecule has 0 saturated carbocycles. The normalized spacial score (nSPS) is 5.29. The maximum atomic E-state index is 9.26. The monoisotopic (exact) mass is 91.1 g/mol. The standard InChI is InChI=1S/C3H6O2.B.Li/c1-2-3(4)5;;/h2H2,1H3,(H,4,5);;/q;;+1/p-1. The molecule has 4 heteroatoms. The average Bonchev–Trinajstić information content (AvgIpc) is 1.38. The van der Waals surface area contributed by atoms with Gasteiger partial charge in [-0.2, -0.15) is 0 Å². The third-order valence-electron chi connectivity index (χ3n) is 0.289. The van der Waals surface area contributed by atoms with Crippen LogP contribution in [0.2, 0.25) is 0 Å². The Labute approximate surface area is 57.0 Å². The zero-order valence-electron chi connectivity index (χ0n) is 4.60. The molecule has 33 valence electrons. The summed E-state index contributed by atoms with van der Waals surface area (Å²) in [4.78, 5) is 9.26. The van der Waals surface area contributed by atoms with E-state index in [-0.39, 0.29) is 33.7 Å². The van der Waals surface area contributed by atoms with Crippen LogP contribution in [-0.2, 0) is 4.79 Å². The van der Waals surface area contributed by atoms with E-state index < -0.39 is 5.97 Å². The van der Waals surface area contributed by atoms with Gasteiger partial charge in [0.1, 0.15) is 0 Å². The van der Waals surface area contributed by atoms with Gasteiger partial charge in [0.05, 0.1) is 0 Å². The molecule has 0 bridgehead atoms. The number of aliphatic carboxylic acids is 1. The van der Waals surface area contributed by atoms with Gasteiger partial charge in [-0.05, 0) is 6.42 Å². The number of rotatable bonds is 1. The molecule has 0 aromatic carbocycles. The number of hydrogen-bond acceptors (Lipinski definition) is 2. The van der Waals surface area contributed by atoms with Crippen LogP contribution in [-0.4, -0.2) is 14.4 Å². The Bertz CT molecular complexity index is 48.2. The summed E-state index contributed by atoms with van der Waals surface area (Å²) in [7, 11) is 0. The smallest absolute Gasteiger partial charge is 0.550 e. The third-order valence-corrected chi connectivity index (χ3v) is 0.289. The zero-order valence-corrected chi connectivity index (χ0v) is 4.60. The molecule has 0 aliphatic rings. The molecule has 0 aliphatic carbocycles. The van der Waals surface area contributed by atoms with Crippen LogP contribution in [0.4, 0.5) is 0 Å². The number of carbonyl (C=O) groups excluding carboxylic acids is 1. The fourth-order valence-electron chi connectivity index (χ4n) is 0. The summed E-state index contributed by atoms with van der Waals surface area (Å²) in [6.07, 6.45) is 0.111. The average molecular weight is 90.8 g/mol. The van der Waals surface area contributed by atoms with Gasteiger partial charge in [0.15, 0.2) is 0 Å². The molecule has 0 aliphatic heterocycles. The van der Waals surface area contributed by atoms with Crippen LogP contribution in [0.1, 0.15) is 13.3 Å². The first-order valence-electron chi connectivity index (χ1n) is 1.47.